The number of hydrogen-bond donors (Lipinski definition) is 0. The summed E-state index contributed by atoms with van der Waals surface area (Å²) in [5.41, 5.74) is 3.97. The third kappa shape index (κ3) is 15.9. The second kappa shape index (κ2) is 22.5. The molecule has 0 aromatic heterocycles. The Morgan fingerprint density at radius 3 is 1.24 bits per heavy atom. The van der Waals surface area contributed by atoms with E-state index in [9.17, 15) is 9.59 Å². The molecular formula is C42H50N4O5. The number of ether oxygens (including phenoxy) is 3. The van der Waals surface area contributed by atoms with E-state index in [1.165, 1.54) is 44.9 Å². The van der Waals surface area contributed by atoms with Crippen molar-refractivity contribution in [3.05, 3.63) is 103 Å². The van der Waals surface area contributed by atoms with Gasteiger partial charge in [-0.15, -0.1) is 0 Å². The van der Waals surface area contributed by atoms with E-state index in [-0.39, 0.29) is 24.8 Å². The molecule has 4 aromatic rings. The van der Waals surface area contributed by atoms with Crippen molar-refractivity contribution in [3.8, 4) is 17.2 Å². The molecular weight excluding hydrogens is 640 g/mol. The second-order valence-corrected chi connectivity index (χ2v) is 12.5. The molecule has 0 radical (unpaired) electrons. The number of hydrogen-bond acceptors (Lipinski definition) is 9. The third-order valence-electron chi connectivity index (χ3n) is 8.10. The molecule has 0 saturated carbocycles. The first-order chi connectivity index (χ1) is 25.0. The zero-order valence-corrected chi connectivity index (χ0v) is 30.0. The predicted molar refractivity (Wildman–Crippen MR) is 201 cm³/mol. The highest BCUT2D eigenvalue weighted by Gasteiger charge is 2.08. The number of esters is 2. The Hall–Kier alpha value is -5.18. The highest BCUT2D eigenvalue weighted by Crippen LogP contribution is 2.25. The van der Waals surface area contributed by atoms with Crippen LogP contribution in [-0.4, -0.2) is 18.5 Å². The van der Waals surface area contributed by atoms with Crippen LogP contribution in [0.5, 0.6) is 17.2 Å². The maximum atomic E-state index is 12.3. The molecule has 0 fully saturated rings. The SMILES string of the molecule is CCCCCCCCCCOc1ccc(N=Nc2ccc(OC(=O)CCCCCC(=O)Oc3ccc(N=Nc4ccc(C)cc4)cc3)cc2)cc1. The van der Waals surface area contributed by atoms with E-state index in [1.54, 1.807) is 48.5 Å². The number of rotatable bonds is 22. The van der Waals surface area contributed by atoms with Gasteiger partial charge in [-0.2, -0.15) is 20.5 Å². The van der Waals surface area contributed by atoms with Crippen molar-refractivity contribution in [2.45, 2.75) is 97.3 Å². The van der Waals surface area contributed by atoms with Crippen LogP contribution in [0.15, 0.2) is 118 Å². The van der Waals surface area contributed by atoms with Crippen LogP contribution >= 0.6 is 0 Å². The zero-order valence-electron chi connectivity index (χ0n) is 30.0. The molecule has 0 unspecified atom stereocenters. The maximum Gasteiger partial charge on any atom is 0.311 e. The molecule has 0 spiro atoms. The maximum absolute atomic E-state index is 12.3. The third-order valence-corrected chi connectivity index (χ3v) is 8.10. The Morgan fingerprint density at radius 2 is 0.804 bits per heavy atom. The summed E-state index contributed by atoms with van der Waals surface area (Å²) in [5, 5.41) is 17.0. The van der Waals surface area contributed by atoms with Crippen LogP contribution in [0.1, 0.15) is 96.0 Å². The summed E-state index contributed by atoms with van der Waals surface area (Å²) in [6.45, 7) is 4.99. The van der Waals surface area contributed by atoms with Gasteiger partial charge in [-0.3, -0.25) is 9.59 Å². The largest absolute Gasteiger partial charge is 0.494 e. The van der Waals surface area contributed by atoms with Gasteiger partial charge >= 0.3 is 11.9 Å². The van der Waals surface area contributed by atoms with E-state index in [1.807, 2.05) is 55.5 Å². The van der Waals surface area contributed by atoms with Crippen molar-refractivity contribution in [1.82, 2.24) is 0 Å². The standard InChI is InChI=1S/C42H50N4O5/c1-3-4-5-6-7-8-9-13-32-49-38-26-20-35(21-27-38)44-46-37-24-30-40(31-25-37)51-42(48)15-12-10-11-14-41(47)50-39-28-22-36(23-29-39)45-43-34-18-16-33(2)17-19-34/h16-31H,3-15,32H2,1-2H3. The fourth-order valence-corrected chi connectivity index (χ4v) is 5.12. The van der Waals surface area contributed by atoms with Gasteiger partial charge in [0.15, 0.2) is 0 Å². The summed E-state index contributed by atoms with van der Waals surface area (Å²) in [6.07, 6.45) is 12.7. The van der Waals surface area contributed by atoms with Crippen LogP contribution < -0.4 is 14.2 Å². The van der Waals surface area contributed by atoms with Gasteiger partial charge in [0.25, 0.3) is 0 Å². The van der Waals surface area contributed by atoms with Crippen molar-refractivity contribution in [3.63, 3.8) is 0 Å². The van der Waals surface area contributed by atoms with Crippen LogP contribution in [-0.2, 0) is 9.59 Å². The second-order valence-electron chi connectivity index (χ2n) is 12.5. The van der Waals surface area contributed by atoms with E-state index in [0.717, 1.165) is 35.7 Å². The molecule has 0 aliphatic heterocycles. The van der Waals surface area contributed by atoms with E-state index in [4.69, 9.17) is 14.2 Å². The Balaban J connectivity index is 1.05. The van der Waals surface area contributed by atoms with E-state index in [2.05, 4.69) is 27.4 Å². The molecule has 0 bridgehead atoms. The molecule has 9 nitrogen and oxygen atoms in total. The minimum Gasteiger partial charge on any atom is -0.494 e. The van der Waals surface area contributed by atoms with Crippen molar-refractivity contribution in [2.24, 2.45) is 20.5 Å². The minimum absolute atomic E-state index is 0.258. The van der Waals surface area contributed by atoms with Crippen LogP contribution in [0, 0.1) is 6.92 Å². The van der Waals surface area contributed by atoms with Gasteiger partial charge in [-0.1, -0.05) is 76.0 Å². The topological polar surface area (TPSA) is 111 Å². The van der Waals surface area contributed by atoms with Gasteiger partial charge in [0.2, 0.25) is 0 Å². The number of carbonyl (C=O) groups excluding carboxylic acids is 2. The fraction of sp³-hybridized carbons (Fsp3) is 0.381. The predicted octanol–water partition coefficient (Wildman–Crippen LogP) is 12.8. The minimum atomic E-state index is -0.323. The molecule has 0 heterocycles. The number of carbonyl (C=O) groups is 2. The van der Waals surface area contributed by atoms with Gasteiger partial charge in [0.1, 0.15) is 17.2 Å². The molecule has 9 heteroatoms. The van der Waals surface area contributed by atoms with E-state index in [0.29, 0.717) is 42.1 Å². The lowest BCUT2D eigenvalue weighted by Gasteiger charge is -2.06. The van der Waals surface area contributed by atoms with Crippen molar-refractivity contribution in [1.29, 1.82) is 0 Å². The first-order valence-electron chi connectivity index (χ1n) is 18.2. The summed E-state index contributed by atoms with van der Waals surface area (Å²) >= 11 is 0. The number of azo groups is 2. The van der Waals surface area contributed by atoms with E-state index < -0.39 is 0 Å². The molecule has 0 amide bonds. The highest BCUT2D eigenvalue weighted by atomic mass is 16.5. The molecule has 4 aromatic carbocycles. The lowest BCUT2D eigenvalue weighted by Crippen LogP contribution is -2.09. The molecule has 51 heavy (non-hydrogen) atoms. The molecule has 0 aliphatic carbocycles. The molecule has 0 atom stereocenters. The number of benzene rings is 4. The average Bonchev–Trinajstić information content (AvgIpc) is 3.14. The summed E-state index contributed by atoms with van der Waals surface area (Å²) in [6, 6.07) is 29.1. The van der Waals surface area contributed by atoms with Gasteiger partial charge < -0.3 is 14.2 Å². The summed E-state index contributed by atoms with van der Waals surface area (Å²) in [5.74, 6) is 1.09. The Labute approximate surface area is 302 Å². The van der Waals surface area contributed by atoms with Gasteiger partial charge in [0.05, 0.1) is 29.4 Å². The fourth-order valence-electron chi connectivity index (χ4n) is 5.12. The van der Waals surface area contributed by atoms with Gasteiger partial charge in [-0.05, 0) is 111 Å². The molecule has 4 rings (SSSR count). The van der Waals surface area contributed by atoms with Gasteiger partial charge in [-0.25, -0.2) is 0 Å². The van der Waals surface area contributed by atoms with Crippen molar-refractivity contribution >= 4 is 34.7 Å². The summed E-state index contributed by atoms with van der Waals surface area (Å²) in [4.78, 5) is 24.6. The number of aryl methyl sites for hydroxylation is 1. The zero-order chi connectivity index (χ0) is 35.9. The monoisotopic (exact) mass is 690 g/mol. The molecule has 0 saturated heterocycles. The van der Waals surface area contributed by atoms with Crippen LogP contribution in [0.3, 0.4) is 0 Å². The Morgan fingerprint density at radius 1 is 0.451 bits per heavy atom. The molecule has 0 N–H and O–H groups in total. The lowest BCUT2D eigenvalue weighted by molar-refractivity contribution is -0.134. The Bertz CT molecular complexity index is 1650. The summed E-state index contributed by atoms with van der Waals surface area (Å²) < 4.78 is 16.7. The molecule has 0 aliphatic rings. The molecule has 268 valence electrons. The normalized spacial score (nSPS) is 11.3. The van der Waals surface area contributed by atoms with Crippen molar-refractivity contribution in [2.75, 3.05) is 6.61 Å². The van der Waals surface area contributed by atoms with E-state index >= 15 is 0 Å². The van der Waals surface area contributed by atoms with Crippen LogP contribution in [0.2, 0.25) is 0 Å². The summed E-state index contributed by atoms with van der Waals surface area (Å²) in [7, 11) is 0. The smallest absolute Gasteiger partial charge is 0.311 e. The number of unbranched alkanes of at least 4 members (excludes halogenated alkanes) is 9. The van der Waals surface area contributed by atoms with Crippen LogP contribution in [0.4, 0.5) is 22.7 Å². The van der Waals surface area contributed by atoms with Gasteiger partial charge in [0, 0.05) is 12.8 Å². The van der Waals surface area contributed by atoms with Crippen molar-refractivity contribution < 1.29 is 23.8 Å². The first kappa shape index (κ1) is 38.6. The average molecular weight is 691 g/mol. The first-order valence-corrected chi connectivity index (χ1v) is 18.2. The Kier molecular flexibility index (Phi) is 17.1. The lowest BCUT2D eigenvalue weighted by atomic mass is 10.1. The number of nitrogens with zero attached hydrogens (tertiary/aromatic N) is 4. The highest BCUT2D eigenvalue weighted by molar-refractivity contribution is 5.73. The van der Waals surface area contributed by atoms with Crippen LogP contribution in [0.25, 0.3) is 0 Å². The quantitative estimate of drug-likeness (QED) is 0.0352.